The first-order valence-electron chi connectivity index (χ1n) is 5.56. The number of anilines is 1. The van der Waals surface area contributed by atoms with Crippen LogP contribution in [0.2, 0.25) is 0 Å². The second-order valence-corrected chi connectivity index (χ2v) is 4.29. The summed E-state index contributed by atoms with van der Waals surface area (Å²) in [6, 6.07) is 6.90. The topological polar surface area (TPSA) is 24.5 Å². The predicted molar refractivity (Wildman–Crippen MR) is 60.7 cm³/mol. The number of benzene rings is 1. The van der Waals surface area contributed by atoms with E-state index in [0.29, 0.717) is 6.04 Å². The molecular weight excluding hydrogens is 188 g/mol. The maximum atomic E-state index is 5.84. The van der Waals surface area contributed by atoms with Crippen molar-refractivity contribution in [3.63, 3.8) is 0 Å². The first-order chi connectivity index (χ1) is 7.36. The molecule has 1 N–H and O–H groups in total. The molecule has 1 aromatic carbocycles. The van der Waals surface area contributed by atoms with Gasteiger partial charge in [0.05, 0.1) is 11.7 Å². The van der Waals surface area contributed by atoms with Crippen LogP contribution >= 0.6 is 0 Å². The maximum absolute atomic E-state index is 5.84. The summed E-state index contributed by atoms with van der Waals surface area (Å²) in [4.78, 5) is 2.47. The Morgan fingerprint density at radius 2 is 2.40 bits per heavy atom. The van der Waals surface area contributed by atoms with Gasteiger partial charge in [0.1, 0.15) is 12.4 Å². The molecule has 80 valence electrons. The van der Waals surface area contributed by atoms with E-state index >= 15 is 0 Å². The molecule has 2 heterocycles. The molecule has 3 heteroatoms. The lowest BCUT2D eigenvalue weighted by atomic mass is 10.1. The van der Waals surface area contributed by atoms with Gasteiger partial charge in [0.15, 0.2) is 0 Å². The molecule has 2 aliphatic heterocycles. The summed E-state index contributed by atoms with van der Waals surface area (Å²) in [6.07, 6.45) is 0. The standard InChI is InChI=1S/C12H16N2O/c1-9-3-2-4-11-12(9)15-8-10-7-13-5-6-14(10)11/h2-4,10,13H,5-8H2,1H3. The predicted octanol–water partition coefficient (Wildman–Crippen LogP) is 1.17. The third-order valence-electron chi connectivity index (χ3n) is 3.27. The highest BCUT2D eigenvalue weighted by Crippen LogP contribution is 2.36. The lowest BCUT2D eigenvalue weighted by molar-refractivity contribution is 0.245. The van der Waals surface area contributed by atoms with Crippen LogP contribution in [0.3, 0.4) is 0 Å². The van der Waals surface area contributed by atoms with Crippen molar-refractivity contribution in [2.24, 2.45) is 0 Å². The van der Waals surface area contributed by atoms with E-state index in [1.165, 1.54) is 11.3 Å². The smallest absolute Gasteiger partial charge is 0.145 e. The number of nitrogens with one attached hydrogen (secondary N) is 1. The Morgan fingerprint density at radius 1 is 1.47 bits per heavy atom. The third-order valence-corrected chi connectivity index (χ3v) is 3.27. The van der Waals surface area contributed by atoms with Crippen LogP contribution in [-0.2, 0) is 0 Å². The van der Waals surface area contributed by atoms with E-state index in [2.05, 4.69) is 35.3 Å². The number of rotatable bonds is 0. The Hall–Kier alpha value is -1.22. The number of fused-ring (bicyclic) bond motifs is 3. The maximum Gasteiger partial charge on any atom is 0.145 e. The summed E-state index contributed by atoms with van der Waals surface area (Å²) < 4.78 is 5.84. The summed E-state index contributed by atoms with van der Waals surface area (Å²) in [6.45, 7) is 6.12. The highest BCUT2D eigenvalue weighted by Gasteiger charge is 2.29. The van der Waals surface area contributed by atoms with Crippen LogP contribution in [0.5, 0.6) is 5.75 Å². The van der Waals surface area contributed by atoms with Gasteiger partial charge in [-0.25, -0.2) is 0 Å². The normalized spacial score (nSPS) is 24.1. The summed E-state index contributed by atoms with van der Waals surface area (Å²) in [5, 5.41) is 3.41. The van der Waals surface area contributed by atoms with Crippen LogP contribution in [0.25, 0.3) is 0 Å². The molecule has 0 radical (unpaired) electrons. The van der Waals surface area contributed by atoms with E-state index in [1.54, 1.807) is 0 Å². The number of aryl methyl sites for hydroxylation is 1. The number of para-hydroxylation sites is 1. The van der Waals surface area contributed by atoms with Gasteiger partial charge in [-0.15, -0.1) is 0 Å². The molecule has 0 aromatic heterocycles. The molecule has 1 atom stereocenters. The van der Waals surface area contributed by atoms with Crippen molar-refractivity contribution in [3.8, 4) is 5.75 Å². The second kappa shape index (κ2) is 3.42. The Kier molecular flexibility index (Phi) is 2.06. The van der Waals surface area contributed by atoms with E-state index in [0.717, 1.165) is 32.0 Å². The van der Waals surface area contributed by atoms with Gasteiger partial charge in [-0.05, 0) is 18.6 Å². The number of hydrogen-bond acceptors (Lipinski definition) is 3. The van der Waals surface area contributed by atoms with E-state index in [-0.39, 0.29) is 0 Å². The van der Waals surface area contributed by atoms with E-state index in [4.69, 9.17) is 4.74 Å². The number of piperazine rings is 1. The zero-order valence-electron chi connectivity index (χ0n) is 8.99. The van der Waals surface area contributed by atoms with Gasteiger partial charge in [0.25, 0.3) is 0 Å². The summed E-state index contributed by atoms with van der Waals surface area (Å²) in [5.41, 5.74) is 2.51. The average molecular weight is 204 g/mol. The molecule has 2 aliphatic rings. The van der Waals surface area contributed by atoms with Crippen molar-refractivity contribution in [2.75, 3.05) is 31.1 Å². The van der Waals surface area contributed by atoms with E-state index < -0.39 is 0 Å². The van der Waals surface area contributed by atoms with Gasteiger partial charge in [-0.1, -0.05) is 12.1 Å². The molecule has 0 aliphatic carbocycles. The zero-order valence-corrected chi connectivity index (χ0v) is 8.99. The van der Waals surface area contributed by atoms with Crippen LogP contribution in [0.1, 0.15) is 5.56 Å². The van der Waals surface area contributed by atoms with Gasteiger partial charge in [-0.3, -0.25) is 0 Å². The lowest BCUT2D eigenvalue weighted by Gasteiger charge is -2.42. The zero-order chi connectivity index (χ0) is 10.3. The minimum absolute atomic E-state index is 0.507. The first kappa shape index (κ1) is 9.04. The first-order valence-corrected chi connectivity index (χ1v) is 5.56. The molecule has 3 nitrogen and oxygen atoms in total. The summed E-state index contributed by atoms with van der Waals surface area (Å²) >= 11 is 0. The molecule has 3 rings (SSSR count). The van der Waals surface area contributed by atoms with Crippen molar-refractivity contribution in [1.29, 1.82) is 0 Å². The molecule has 1 fully saturated rings. The van der Waals surface area contributed by atoms with E-state index in [9.17, 15) is 0 Å². The Bertz CT molecular complexity index is 378. The van der Waals surface area contributed by atoms with Crippen molar-refractivity contribution in [1.82, 2.24) is 5.32 Å². The number of ether oxygens (including phenoxy) is 1. The SMILES string of the molecule is Cc1cccc2c1OCC1CNCCN21. The van der Waals surface area contributed by atoms with Crippen molar-refractivity contribution >= 4 is 5.69 Å². The minimum atomic E-state index is 0.507. The number of nitrogens with zero attached hydrogens (tertiary/aromatic N) is 1. The van der Waals surface area contributed by atoms with Gasteiger partial charge in [0.2, 0.25) is 0 Å². The second-order valence-electron chi connectivity index (χ2n) is 4.29. The Morgan fingerprint density at radius 3 is 3.33 bits per heavy atom. The molecule has 0 spiro atoms. The molecule has 0 bridgehead atoms. The van der Waals surface area contributed by atoms with Gasteiger partial charge < -0.3 is 15.0 Å². The lowest BCUT2D eigenvalue weighted by Crippen LogP contribution is -2.55. The summed E-state index contributed by atoms with van der Waals surface area (Å²) in [7, 11) is 0. The molecule has 1 unspecified atom stereocenters. The molecule has 0 amide bonds. The fraction of sp³-hybridized carbons (Fsp3) is 0.500. The largest absolute Gasteiger partial charge is 0.489 e. The van der Waals surface area contributed by atoms with Crippen molar-refractivity contribution in [3.05, 3.63) is 23.8 Å². The quantitative estimate of drug-likeness (QED) is 0.686. The molecule has 0 saturated carbocycles. The Labute approximate surface area is 90.0 Å². The molecule has 15 heavy (non-hydrogen) atoms. The van der Waals surface area contributed by atoms with Gasteiger partial charge >= 0.3 is 0 Å². The minimum Gasteiger partial charge on any atom is -0.489 e. The van der Waals surface area contributed by atoms with E-state index in [1.807, 2.05) is 0 Å². The van der Waals surface area contributed by atoms with Crippen LogP contribution in [0.4, 0.5) is 5.69 Å². The monoisotopic (exact) mass is 204 g/mol. The molecule has 1 aromatic rings. The fourth-order valence-corrected chi connectivity index (χ4v) is 2.46. The van der Waals surface area contributed by atoms with Crippen molar-refractivity contribution < 1.29 is 4.74 Å². The molecule has 1 saturated heterocycles. The van der Waals surface area contributed by atoms with Gasteiger partial charge in [0, 0.05) is 19.6 Å². The Balaban J connectivity index is 2.03. The van der Waals surface area contributed by atoms with Gasteiger partial charge in [-0.2, -0.15) is 0 Å². The fourth-order valence-electron chi connectivity index (χ4n) is 2.46. The van der Waals surface area contributed by atoms with Crippen LogP contribution < -0.4 is 15.0 Å². The highest BCUT2D eigenvalue weighted by atomic mass is 16.5. The average Bonchev–Trinajstić information content (AvgIpc) is 2.29. The van der Waals surface area contributed by atoms with Crippen LogP contribution in [0.15, 0.2) is 18.2 Å². The number of hydrogen-bond donors (Lipinski definition) is 1. The van der Waals surface area contributed by atoms with Crippen molar-refractivity contribution in [2.45, 2.75) is 13.0 Å². The van der Waals surface area contributed by atoms with Crippen LogP contribution in [0, 0.1) is 6.92 Å². The summed E-state index contributed by atoms with van der Waals surface area (Å²) in [5.74, 6) is 1.08. The highest BCUT2D eigenvalue weighted by molar-refractivity contribution is 5.64. The van der Waals surface area contributed by atoms with Crippen LogP contribution in [-0.4, -0.2) is 32.3 Å². The third kappa shape index (κ3) is 1.38. The molecular formula is C12H16N2O.